The minimum Gasteiger partial charge on any atom is -0.494 e. The molecule has 0 aliphatic carbocycles. The fourth-order valence-electron chi connectivity index (χ4n) is 8.42. The predicted molar refractivity (Wildman–Crippen MR) is 275 cm³/mol. The van der Waals surface area contributed by atoms with Gasteiger partial charge < -0.3 is 39.7 Å². The smallest absolute Gasteiger partial charge is 0.409 e. The number of primary amides is 2. The van der Waals surface area contributed by atoms with Crippen molar-refractivity contribution in [3.8, 4) is 11.5 Å². The summed E-state index contributed by atoms with van der Waals surface area (Å²) in [6, 6.07) is 9.44. The third-order valence-electron chi connectivity index (χ3n) is 11.8. The summed E-state index contributed by atoms with van der Waals surface area (Å²) in [4.78, 5) is 78.7. The first kappa shape index (κ1) is 53.4. The average molecular weight is 1050 g/mol. The van der Waals surface area contributed by atoms with Gasteiger partial charge in [-0.3, -0.25) is 44.1 Å². The Balaban J connectivity index is 1.15. The molecular weight excluding hydrogens is 985 g/mol. The highest BCUT2D eigenvalue weighted by molar-refractivity contribution is 8.72. The van der Waals surface area contributed by atoms with Gasteiger partial charge >= 0.3 is 6.09 Å². The van der Waals surface area contributed by atoms with E-state index in [0.29, 0.717) is 103 Å². The summed E-state index contributed by atoms with van der Waals surface area (Å²) in [5.41, 5.74) is 15.3. The van der Waals surface area contributed by atoms with Crippen molar-refractivity contribution in [2.45, 2.75) is 72.5 Å². The zero-order valence-electron chi connectivity index (χ0n) is 41.7. The van der Waals surface area contributed by atoms with Crippen molar-refractivity contribution >= 4 is 83.3 Å². The zero-order valence-corrected chi connectivity index (χ0v) is 43.3. The lowest BCUT2D eigenvalue weighted by molar-refractivity contribution is 0.0758. The van der Waals surface area contributed by atoms with E-state index in [1.165, 1.54) is 25.3 Å². The molecule has 0 spiro atoms. The van der Waals surface area contributed by atoms with Crippen molar-refractivity contribution in [2.75, 3.05) is 69.9 Å². The number of aromatic nitrogens is 8. The molecule has 0 saturated carbocycles. The van der Waals surface area contributed by atoms with Crippen molar-refractivity contribution in [1.82, 2.24) is 48.5 Å². The van der Waals surface area contributed by atoms with Crippen LogP contribution in [0.2, 0.25) is 0 Å². The van der Waals surface area contributed by atoms with E-state index >= 15 is 0 Å². The van der Waals surface area contributed by atoms with Gasteiger partial charge in [0.15, 0.2) is 8.87 Å². The molecule has 1 fully saturated rings. The Kier molecular flexibility index (Phi) is 16.8. The van der Waals surface area contributed by atoms with Crippen LogP contribution in [0.1, 0.15) is 80.3 Å². The maximum Gasteiger partial charge on any atom is 0.409 e. The summed E-state index contributed by atoms with van der Waals surface area (Å²) in [7, 11) is -1.08. The number of nitrogens with zero attached hydrogens (tertiary/aromatic N) is 10. The molecule has 5 amide bonds. The van der Waals surface area contributed by atoms with Gasteiger partial charge in [-0.1, -0.05) is 12.2 Å². The third kappa shape index (κ3) is 12.8. The first-order valence-electron chi connectivity index (χ1n) is 23.5. The van der Waals surface area contributed by atoms with Crippen molar-refractivity contribution < 1.29 is 46.6 Å². The number of rotatable bonds is 22. The van der Waals surface area contributed by atoms with E-state index in [0.717, 1.165) is 17.0 Å². The standard InChI is InChI=1S/C47H60N14O10S2/c1-8-60-35(21-28(3)54-60)43(64)52-45-50-33-23-31(41(48)62)25-37(69-6)39(33)58(45)14-10-11-15-59-40-34(51-46(59)53-44(65)36-22-29(4)55-61(36)9-2)24-32(42(49)63)26-38(40)70-20-12-13-56-16-18-57(19-17-56)47(66)71-27-30(5)72-73(7,67)68/h10-11,21-26,30H,8-9,12-20,27H2,1-7H3,(H2,48,62)(H2,49,63)(H,50,52,64)(H,51,53,65)/b11-10+. The van der Waals surface area contributed by atoms with E-state index in [1.807, 2.05) is 26.0 Å². The molecule has 1 atom stereocenters. The minimum atomic E-state index is -3.28. The zero-order chi connectivity index (χ0) is 52.7. The van der Waals surface area contributed by atoms with Gasteiger partial charge in [-0.25, -0.2) is 23.2 Å². The van der Waals surface area contributed by atoms with Gasteiger partial charge in [0.1, 0.15) is 40.5 Å². The molecule has 1 aliphatic heterocycles. The van der Waals surface area contributed by atoms with Crippen LogP contribution in [0.15, 0.2) is 48.6 Å². The summed E-state index contributed by atoms with van der Waals surface area (Å²) < 4.78 is 47.3. The molecule has 6 aromatic rings. The fraction of sp³-hybridized carbons (Fsp3) is 0.426. The topological polar surface area (TPSA) is 301 Å². The summed E-state index contributed by atoms with van der Waals surface area (Å²) >= 11 is 0. The molecule has 2 aromatic carbocycles. The van der Waals surface area contributed by atoms with Crippen molar-refractivity contribution in [3.05, 3.63) is 82.5 Å². The number of hydrogen-bond acceptors (Lipinski definition) is 16. The molecule has 0 radical (unpaired) electrons. The van der Waals surface area contributed by atoms with Crippen LogP contribution in [0.25, 0.3) is 22.1 Å². The number of nitrogens with one attached hydrogen (secondary N) is 2. The number of hydrogen-bond donors (Lipinski definition) is 4. The second-order valence-electron chi connectivity index (χ2n) is 17.3. The number of carbonyl (C=O) groups is 5. The quantitative estimate of drug-likeness (QED) is 0.0424. The van der Waals surface area contributed by atoms with E-state index in [4.69, 9.17) is 35.6 Å². The number of anilines is 2. The number of ether oxygens (including phenoxy) is 3. The second kappa shape index (κ2) is 23.0. The summed E-state index contributed by atoms with van der Waals surface area (Å²) in [6.45, 7) is 13.0. The number of benzene rings is 2. The predicted octanol–water partition coefficient (Wildman–Crippen LogP) is 4.01. The molecule has 1 aliphatic rings. The van der Waals surface area contributed by atoms with Crippen LogP contribution >= 0.6 is 10.8 Å². The molecule has 1 unspecified atom stereocenters. The molecular formula is C47H60N14O10S2. The molecule has 390 valence electrons. The lowest BCUT2D eigenvalue weighted by atomic mass is 10.1. The van der Waals surface area contributed by atoms with Gasteiger partial charge in [0.05, 0.1) is 41.4 Å². The average Bonchev–Trinajstić information content (AvgIpc) is 4.12. The van der Waals surface area contributed by atoms with Gasteiger partial charge in [-0.15, -0.1) is 0 Å². The van der Waals surface area contributed by atoms with E-state index in [1.54, 1.807) is 62.4 Å². The van der Waals surface area contributed by atoms with Gasteiger partial charge in [0.2, 0.25) is 23.7 Å². The number of piperazine rings is 1. The first-order chi connectivity index (χ1) is 34.8. The van der Waals surface area contributed by atoms with Gasteiger partial charge in [0, 0.05) is 76.3 Å². The number of amides is 5. The maximum atomic E-state index is 13.9. The largest absolute Gasteiger partial charge is 0.494 e. The molecule has 24 nitrogen and oxygen atoms in total. The lowest BCUT2D eigenvalue weighted by Gasteiger charge is -2.34. The van der Waals surface area contributed by atoms with Gasteiger partial charge in [-0.05, 0) is 88.2 Å². The van der Waals surface area contributed by atoms with Crippen LogP contribution < -0.4 is 31.6 Å². The Morgan fingerprint density at radius 3 is 1.73 bits per heavy atom. The molecule has 4 aromatic heterocycles. The van der Waals surface area contributed by atoms with Crippen LogP contribution in [-0.2, 0) is 39.8 Å². The number of methoxy groups -OCH3 is 1. The van der Waals surface area contributed by atoms with Crippen LogP contribution in [0.5, 0.6) is 11.5 Å². The van der Waals surface area contributed by atoms with Crippen LogP contribution in [0.3, 0.4) is 0 Å². The number of aryl methyl sites for hydroxylation is 4. The van der Waals surface area contributed by atoms with Crippen LogP contribution in [0, 0.1) is 13.8 Å². The van der Waals surface area contributed by atoms with Crippen molar-refractivity contribution in [3.63, 3.8) is 0 Å². The Morgan fingerprint density at radius 1 is 0.767 bits per heavy atom. The number of nitrogens with two attached hydrogens (primary N) is 2. The molecule has 5 heterocycles. The maximum absolute atomic E-state index is 13.9. The van der Waals surface area contributed by atoms with E-state index in [9.17, 15) is 32.4 Å². The SMILES string of the molecule is CCn1nc(C)cc1C(=O)Nc1nc2cc(C(N)=O)cc(OC)c2n1C/C=C/Cn1c(NC(=O)c2cc(C)nn2CC)nc2cc(C(N)=O)cc(OCCCN3CCN(C(=O)OCC(C)SS(C)(=O)=O)CC3)c21. The van der Waals surface area contributed by atoms with Gasteiger partial charge in [-0.2, -0.15) is 10.2 Å². The summed E-state index contributed by atoms with van der Waals surface area (Å²) in [5.74, 6) is -1.45. The first-order valence-corrected chi connectivity index (χ1v) is 26.8. The monoisotopic (exact) mass is 1040 g/mol. The normalized spacial score (nSPS) is 13.7. The third-order valence-corrected chi connectivity index (χ3v) is 14.6. The minimum absolute atomic E-state index is 0.0267. The highest BCUT2D eigenvalue weighted by Crippen LogP contribution is 2.33. The molecule has 1 saturated heterocycles. The number of imidazole rings is 2. The van der Waals surface area contributed by atoms with Crippen molar-refractivity contribution in [1.29, 1.82) is 0 Å². The lowest BCUT2D eigenvalue weighted by Crippen LogP contribution is -2.49. The molecule has 6 N–H and O–H groups in total. The molecule has 0 bridgehead atoms. The highest BCUT2D eigenvalue weighted by atomic mass is 33.1. The number of carbonyl (C=O) groups excluding carboxylic acids is 5. The van der Waals surface area contributed by atoms with Crippen LogP contribution in [-0.4, -0.2) is 151 Å². The van der Waals surface area contributed by atoms with Gasteiger partial charge in [0.25, 0.3) is 11.8 Å². The Labute approximate surface area is 424 Å². The van der Waals surface area contributed by atoms with E-state index in [-0.39, 0.29) is 55.1 Å². The summed E-state index contributed by atoms with van der Waals surface area (Å²) in [5, 5.41) is 14.3. The van der Waals surface area contributed by atoms with Crippen LogP contribution in [0.4, 0.5) is 16.7 Å². The molecule has 26 heteroatoms. The Hall–Kier alpha value is -7.45. The fourth-order valence-corrected chi connectivity index (χ4v) is 11.1. The summed E-state index contributed by atoms with van der Waals surface area (Å²) in [6.07, 6.45) is 4.83. The molecule has 7 rings (SSSR count). The van der Waals surface area contributed by atoms with Crippen molar-refractivity contribution in [2.24, 2.45) is 11.5 Å². The Bertz CT molecular complexity index is 3200. The number of fused-ring (bicyclic) bond motifs is 2. The molecule has 73 heavy (non-hydrogen) atoms. The Morgan fingerprint density at radius 2 is 1.26 bits per heavy atom. The second-order valence-corrected chi connectivity index (χ2v) is 22.1. The van der Waals surface area contributed by atoms with E-state index in [2.05, 4.69) is 25.7 Å². The highest BCUT2D eigenvalue weighted by Gasteiger charge is 2.26. The number of allylic oxidation sites excluding steroid dienone is 2. The van der Waals surface area contributed by atoms with E-state index < -0.39 is 43.8 Å².